The van der Waals surface area contributed by atoms with E-state index in [1.54, 1.807) is 0 Å². The van der Waals surface area contributed by atoms with Crippen molar-refractivity contribution < 1.29 is 4.42 Å². The third kappa shape index (κ3) is 2.94. The zero-order chi connectivity index (χ0) is 15.6. The summed E-state index contributed by atoms with van der Waals surface area (Å²) in [4.78, 5) is 4.84. The Kier molecular flexibility index (Phi) is 3.98. The van der Waals surface area contributed by atoms with E-state index in [2.05, 4.69) is 28.0 Å². The molecular formula is C19H19ClN2O. The van der Waals surface area contributed by atoms with Crippen molar-refractivity contribution in [3.05, 3.63) is 65.4 Å². The Morgan fingerprint density at radius 1 is 0.913 bits per heavy atom. The lowest BCUT2D eigenvalue weighted by molar-refractivity contribution is 0.250. The zero-order valence-electron chi connectivity index (χ0n) is 12.9. The Morgan fingerprint density at radius 3 is 2.48 bits per heavy atom. The number of nitrogens with zero attached hydrogens (tertiary/aromatic N) is 2. The van der Waals surface area contributed by atoms with Crippen molar-refractivity contribution in [2.45, 2.75) is 6.54 Å². The van der Waals surface area contributed by atoms with Crippen LogP contribution in [-0.4, -0.2) is 31.1 Å². The summed E-state index contributed by atoms with van der Waals surface area (Å²) in [6.45, 7) is 5.00. The van der Waals surface area contributed by atoms with Gasteiger partial charge < -0.3 is 9.32 Å². The molecule has 3 aromatic rings. The summed E-state index contributed by atoms with van der Waals surface area (Å²) >= 11 is 6.31. The van der Waals surface area contributed by atoms with Gasteiger partial charge in [0.25, 0.3) is 0 Å². The van der Waals surface area contributed by atoms with Gasteiger partial charge in [-0.2, -0.15) is 0 Å². The van der Waals surface area contributed by atoms with Gasteiger partial charge in [-0.25, -0.2) is 0 Å². The van der Waals surface area contributed by atoms with Gasteiger partial charge in [0.1, 0.15) is 5.58 Å². The van der Waals surface area contributed by atoms with Crippen LogP contribution >= 0.6 is 11.6 Å². The number of hydrogen-bond acceptors (Lipinski definition) is 3. The van der Waals surface area contributed by atoms with Gasteiger partial charge in [-0.15, -0.1) is 0 Å². The van der Waals surface area contributed by atoms with Crippen molar-refractivity contribution in [2.24, 2.45) is 0 Å². The minimum Gasteiger partial charge on any atom is -0.464 e. The van der Waals surface area contributed by atoms with Gasteiger partial charge in [0.15, 0.2) is 0 Å². The highest BCUT2D eigenvalue weighted by Crippen LogP contribution is 2.27. The summed E-state index contributed by atoms with van der Waals surface area (Å²) in [7, 11) is 0. The number of fused-ring (bicyclic) bond motifs is 1. The van der Waals surface area contributed by atoms with Crippen LogP contribution in [-0.2, 0) is 6.54 Å². The SMILES string of the molecule is Clc1ccccc1N1CCN(Cc2coc3ccccc23)CC1. The smallest absolute Gasteiger partial charge is 0.134 e. The van der Waals surface area contributed by atoms with Crippen molar-refractivity contribution in [1.82, 2.24) is 4.90 Å². The molecule has 0 radical (unpaired) electrons. The number of hydrogen-bond donors (Lipinski definition) is 0. The molecule has 0 amide bonds. The quantitative estimate of drug-likeness (QED) is 0.711. The van der Waals surface area contributed by atoms with Crippen LogP contribution in [0.3, 0.4) is 0 Å². The van der Waals surface area contributed by atoms with E-state index in [9.17, 15) is 0 Å². The summed E-state index contributed by atoms with van der Waals surface area (Å²) in [5.41, 5.74) is 3.38. The average Bonchev–Trinajstić information content (AvgIpc) is 2.99. The van der Waals surface area contributed by atoms with Crippen molar-refractivity contribution in [3.63, 3.8) is 0 Å². The first-order chi connectivity index (χ1) is 11.3. The predicted octanol–water partition coefficient (Wildman–Crippen LogP) is 4.41. The molecule has 2 aromatic carbocycles. The van der Waals surface area contributed by atoms with Crippen LogP contribution in [0.15, 0.2) is 59.2 Å². The molecule has 0 N–H and O–H groups in total. The number of benzene rings is 2. The minimum absolute atomic E-state index is 0.835. The van der Waals surface area contributed by atoms with Gasteiger partial charge in [0.2, 0.25) is 0 Å². The highest BCUT2D eigenvalue weighted by atomic mass is 35.5. The van der Waals surface area contributed by atoms with Gasteiger partial charge in [-0.1, -0.05) is 41.9 Å². The third-order valence-corrected chi connectivity index (χ3v) is 4.84. The van der Waals surface area contributed by atoms with Crippen molar-refractivity contribution in [3.8, 4) is 0 Å². The lowest BCUT2D eigenvalue weighted by Gasteiger charge is -2.36. The molecular weight excluding hydrogens is 308 g/mol. The molecule has 2 heterocycles. The van der Waals surface area contributed by atoms with Crippen LogP contribution in [0.4, 0.5) is 5.69 Å². The van der Waals surface area contributed by atoms with Gasteiger partial charge >= 0.3 is 0 Å². The number of halogens is 1. The Labute approximate surface area is 141 Å². The highest BCUT2D eigenvalue weighted by Gasteiger charge is 2.19. The van der Waals surface area contributed by atoms with E-state index in [1.165, 1.54) is 10.9 Å². The third-order valence-electron chi connectivity index (χ3n) is 4.52. The molecule has 1 saturated heterocycles. The van der Waals surface area contributed by atoms with E-state index < -0.39 is 0 Å². The Balaban J connectivity index is 1.43. The molecule has 1 aliphatic rings. The maximum atomic E-state index is 6.31. The fourth-order valence-electron chi connectivity index (χ4n) is 3.25. The molecule has 0 spiro atoms. The molecule has 4 rings (SSSR count). The molecule has 3 nitrogen and oxygen atoms in total. The first kappa shape index (κ1) is 14.6. The van der Waals surface area contributed by atoms with Crippen LogP contribution in [0.2, 0.25) is 5.02 Å². The molecule has 0 saturated carbocycles. The largest absolute Gasteiger partial charge is 0.464 e. The van der Waals surface area contributed by atoms with Crippen molar-refractivity contribution in [1.29, 1.82) is 0 Å². The maximum absolute atomic E-state index is 6.31. The standard InChI is InChI=1S/C19H19ClN2O/c20-17-6-2-3-7-18(17)22-11-9-21(10-12-22)13-15-14-23-19-8-4-1-5-16(15)19/h1-8,14H,9-13H2. The van der Waals surface area contributed by atoms with E-state index in [0.717, 1.165) is 49.0 Å². The lowest BCUT2D eigenvalue weighted by atomic mass is 10.1. The fourth-order valence-corrected chi connectivity index (χ4v) is 3.51. The van der Waals surface area contributed by atoms with Crippen LogP contribution in [0.1, 0.15) is 5.56 Å². The number of para-hydroxylation sites is 2. The van der Waals surface area contributed by atoms with E-state index >= 15 is 0 Å². The molecule has 0 unspecified atom stereocenters. The topological polar surface area (TPSA) is 19.6 Å². The molecule has 1 aliphatic heterocycles. The Bertz CT molecular complexity index is 806. The van der Waals surface area contributed by atoms with Gasteiger partial charge in [-0.3, -0.25) is 4.90 Å². The van der Waals surface area contributed by atoms with Gasteiger partial charge in [0.05, 0.1) is 17.0 Å². The van der Waals surface area contributed by atoms with Crippen LogP contribution in [0, 0.1) is 0 Å². The first-order valence-corrected chi connectivity index (χ1v) is 8.36. The molecule has 0 aliphatic carbocycles. The highest BCUT2D eigenvalue weighted by molar-refractivity contribution is 6.33. The van der Waals surface area contributed by atoms with Gasteiger partial charge in [0, 0.05) is 43.7 Å². The summed E-state index contributed by atoms with van der Waals surface area (Å²) in [5.74, 6) is 0. The number of piperazine rings is 1. The number of anilines is 1. The fraction of sp³-hybridized carbons (Fsp3) is 0.263. The second kappa shape index (κ2) is 6.26. The second-order valence-electron chi connectivity index (χ2n) is 5.97. The van der Waals surface area contributed by atoms with E-state index in [-0.39, 0.29) is 0 Å². The molecule has 118 valence electrons. The zero-order valence-corrected chi connectivity index (χ0v) is 13.7. The molecule has 1 aromatic heterocycles. The van der Waals surface area contributed by atoms with E-state index in [1.807, 2.05) is 36.6 Å². The monoisotopic (exact) mass is 326 g/mol. The first-order valence-electron chi connectivity index (χ1n) is 7.98. The maximum Gasteiger partial charge on any atom is 0.134 e. The summed E-state index contributed by atoms with van der Waals surface area (Å²) in [6, 6.07) is 16.3. The molecule has 23 heavy (non-hydrogen) atoms. The summed E-state index contributed by atoms with van der Waals surface area (Å²) in [6.07, 6.45) is 1.89. The minimum atomic E-state index is 0.835. The van der Waals surface area contributed by atoms with E-state index in [4.69, 9.17) is 16.0 Å². The average molecular weight is 327 g/mol. The predicted molar refractivity (Wildman–Crippen MR) is 95.2 cm³/mol. The summed E-state index contributed by atoms with van der Waals surface area (Å²) < 4.78 is 5.64. The normalized spacial score (nSPS) is 16.1. The van der Waals surface area contributed by atoms with Crippen LogP contribution in [0.25, 0.3) is 11.0 Å². The van der Waals surface area contributed by atoms with Gasteiger partial charge in [-0.05, 0) is 18.2 Å². The summed E-state index contributed by atoms with van der Waals surface area (Å²) in [5, 5.41) is 2.06. The molecule has 4 heteroatoms. The van der Waals surface area contributed by atoms with Crippen LogP contribution in [0.5, 0.6) is 0 Å². The lowest BCUT2D eigenvalue weighted by Crippen LogP contribution is -2.46. The van der Waals surface area contributed by atoms with Crippen molar-refractivity contribution >= 4 is 28.3 Å². The second-order valence-corrected chi connectivity index (χ2v) is 6.38. The Morgan fingerprint density at radius 2 is 1.65 bits per heavy atom. The molecule has 0 bridgehead atoms. The number of furan rings is 1. The molecule has 0 atom stereocenters. The Hall–Kier alpha value is -1.97. The number of rotatable bonds is 3. The van der Waals surface area contributed by atoms with E-state index in [0.29, 0.717) is 0 Å². The molecule has 1 fully saturated rings. The van der Waals surface area contributed by atoms with Crippen molar-refractivity contribution in [2.75, 3.05) is 31.1 Å². The van der Waals surface area contributed by atoms with Crippen LogP contribution < -0.4 is 4.90 Å².